The van der Waals surface area contributed by atoms with E-state index in [4.69, 9.17) is 0 Å². The third kappa shape index (κ3) is 3.66. The molecule has 0 fully saturated rings. The van der Waals surface area contributed by atoms with Crippen LogP contribution in [0.1, 0.15) is 20.8 Å². The molecule has 0 saturated heterocycles. The van der Waals surface area contributed by atoms with Crippen molar-refractivity contribution in [2.24, 2.45) is 5.92 Å². The fraction of sp³-hybridized carbons (Fsp3) is 0.429. The van der Waals surface area contributed by atoms with Crippen LogP contribution in [-0.2, 0) is 4.79 Å². The molecule has 2 aromatic rings. The van der Waals surface area contributed by atoms with E-state index < -0.39 is 0 Å². The predicted octanol–water partition coefficient (Wildman–Crippen LogP) is 3.01. The van der Waals surface area contributed by atoms with Crippen LogP contribution in [0.15, 0.2) is 18.2 Å². The number of fused-ring (bicyclic) bond motifs is 1. The third-order valence-electron chi connectivity index (χ3n) is 2.77. The normalized spacial score (nSPS) is 12.7. The number of thiazole rings is 1. The summed E-state index contributed by atoms with van der Waals surface area (Å²) < 4.78 is 13.9. The Hall–Kier alpha value is -1.69. The molecule has 0 bridgehead atoms. The van der Waals surface area contributed by atoms with Crippen molar-refractivity contribution in [2.45, 2.75) is 26.8 Å². The van der Waals surface area contributed by atoms with Gasteiger partial charge in [-0.25, -0.2) is 9.37 Å². The van der Waals surface area contributed by atoms with Crippen LogP contribution in [0.2, 0.25) is 0 Å². The van der Waals surface area contributed by atoms with Gasteiger partial charge in [0.2, 0.25) is 5.91 Å². The quantitative estimate of drug-likeness (QED) is 0.891. The van der Waals surface area contributed by atoms with Gasteiger partial charge in [-0.15, -0.1) is 0 Å². The van der Waals surface area contributed by atoms with Gasteiger partial charge in [0, 0.05) is 6.54 Å². The third-order valence-corrected chi connectivity index (χ3v) is 3.72. The summed E-state index contributed by atoms with van der Waals surface area (Å²) in [6.45, 7) is 6.51. The van der Waals surface area contributed by atoms with E-state index in [9.17, 15) is 9.18 Å². The van der Waals surface area contributed by atoms with E-state index in [0.717, 1.165) is 10.2 Å². The highest BCUT2D eigenvalue weighted by Gasteiger charge is 2.14. The van der Waals surface area contributed by atoms with E-state index in [0.29, 0.717) is 17.6 Å². The molecule has 0 aliphatic heterocycles. The molecule has 2 N–H and O–H groups in total. The Morgan fingerprint density at radius 2 is 2.15 bits per heavy atom. The predicted molar refractivity (Wildman–Crippen MR) is 80.5 cm³/mol. The van der Waals surface area contributed by atoms with Gasteiger partial charge < -0.3 is 10.6 Å². The average Bonchev–Trinajstić information content (AvgIpc) is 2.76. The van der Waals surface area contributed by atoms with Crippen molar-refractivity contribution >= 4 is 32.6 Å². The van der Waals surface area contributed by atoms with Gasteiger partial charge >= 0.3 is 0 Å². The SMILES string of the molecule is CC(C)CNC(=O)C(C)Nc1nc2ccc(F)cc2s1. The maximum absolute atomic E-state index is 13.1. The summed E-state index contributed by atoms with van der Waals surface area (Å²) in [5.41, 5.74) is 0.730. The summed E-state index contributed by atoms with van der Waals surface area (Å²) in [5.74, 6) is 0.0659. The maximum Gasteiger partial charge on any atom is 0.242 e. The highest BCUT2D eigenvalue weighted by atomic mass is 32.1. The van der Waals surface area contributed by atoms with Gasteiger partial charge in [-0.2, -0.15) is 0 Å². The molecule has 2 rings (SSSR count). The zero-order chi connectivity index (χ0) is 14.7. The molecule has 0 radical (unpaired) electrons. The minimum atomic E-state index is -0.376. The molecule has 20 heavy (non-hydrogen) atoms. The van der Waals surface area contributed by atoms with Crippen molar-refractivity contribution in [3.05, 3.63) is 24.0 Å². The summed E-state index contributed by atoms with van der Waals surface area (Å²) in [6, 6.07) is 4.08. The number of aromatic nitrogens is 1. The summed E-state index contributed by atoms with van der Waals surface area (Å²) in [4.78, 5) is 16.2. The minimum absolute atomic E-state index is 0.0656. The lowest BCUT2D eigenvalue weighted by Crippen LogP contribution is -2.39. The number of rotatable bonds is 5. The Kier molecular flexibility index (Phi) is 4.54. The second-order valence-electron chi connectivity index (χ2n) is 5.14. The second-order valence-corrected chi connectivity index (χ2v) is 6.17. The van der Waals surface area contributed by atoms with Crippen LogP contribution >= 0.6 is 11.3 Å². The summed E-state index contributed by atoms with van der Waals surface area (Å²) in [7, 11) is 0. The van der Waals surface area contributed by atoms with Crippen LogP contribution in [0.3, 0.4) is 0 Å². The van der Waals surface area contributed by atoms with E-state index in [1.165, 1.54) is 23.5 Å². The number of anilines is 1. The smallest absolute Gasteiger partial charge is 0.242 e. The first kappa shape index (κ1) is 14.7. The van der Waals surface area contributed by atoms with Crippen molar-refractivity contribution in [2.75, 3.05) is 11.9 Å². The molecular formula is C14H18FN3OS. The average molecular weight is 295 g/mol. The van der Waals surface area contributed by atoms with Gasteiger partial charge in [0.05, 0.1) is 10.2 Å². The van der Waals surface area contributed by atoms with Crippen LogP contribution in [0.5, 0.6) is 0 Å². The largest absolute Gasteiger partial charge is 0.354 e. The molecule has 0 spiro atoms. The fourth-order valence-electron chi connectivity index (χ4n) is 1.67. The van der Waals surface area contributed by atoms with Crippen molar-refractivity contribution in [3.8, 4) is 0 Å². The molecule has 1 heterocycles. The molecule has 4 nitrogen and oxygen atoms in total. The minimum Gasteiger partial charge on any atom is -0.354 e. The van der Waals surface area contributed by atoms with Crippen LogP contribution < -0.4 is 10.6 Å². The number of benzene rings is 1. The van der Waals surface area contributed by atoms with Crippen molar-refractivity contribution in [1.82, 2.24) is 10.3 Å². The molecule has 1 unspecified atom stereocenters. The van der Waals surface area contributed by atoms with Gasteiger partial charge in [-0.05, 0) is 31.0 Å². The Bertz CT molecular complexity index is 611. The molecule has 1 aromatic heterocycles. The Labute approximate surface area is 121 Å². The molecule has 6 heteroatoms. The maximum atomic E-state index is 13.1. The van der Waals surface area contributed by atoms with E-state index in [2.05, 4.69) is 15.6 Å². The lowest BCUT2D eigenvalue weighted by Gasteiger charge is -2.14. The van der Waals surface area contributed by atoms with Crippen LogP contribution in [0.25, 0.3) is 10.2 Å². The zero-order valence-corrected chi connectivity index (χ0v) is 12.6. The molecule has 108 valence electrons. The molecule has 0 aliphatic carbocycles. The molecule has 1 amide bonds. The number of nitrogens with zero attached hydrogens (tertiary/aromatic N) is 1. The fourth-order valence-corrected chi connectivity index (χ4v) is 2.65. The molecule has 0 saturated carbocycles. The standard InChI is InChI=1S/C14H18FN3OS/c1-8(2)7-16-13(19)9(3)17-14-18-11-5-4-10(15)6-12(11)20-14/h4-6,8-9H,7H2,1-3H3,(H,16,19)(H,17,18). The van der Waals surface area contributed by atoms with Crippen molar-refractivity contribution < 1.29 is 9.18 Å². The molecular weight excluding hydrogens is 277 g/mol. The van der Waals surface area contributed by atoms with Crippen LogP contribution in [0, 0.1) is 11.7 Å². The first-order chi connectivity index (χ1) is 9.45. The zero-order valence-electron chi connectivity index (χ0n) is 11.7. The molecule has 0 aliphatic rings. The van der Waals surface area contributed by atoms with E-state index in [1.54, 1.807) is 13.0 Å². The lowest BCUT2D eigenvalue weighted by molar-refractivity contribution is -0.121. The Morgan fingerprint density at radius 3 is 2.85 bits per heavy atom. The highest BCUT2D eigenvalue weighted by molar-refractivity contribution is 7.22. The summed E-state index contributed by atoms with van der Waals surface area (Å²) >= 11 is 1.34. The van der Waals surface area contributed by atoms with Gasteiger partial charge in [0.1, 0.15) is 11.9 Å². The number of carbonyl (C=O) groups is 1. The van der Waals surface area contributed by atoms with E-state index >= 15 is 0 Å². The van der Waals surface area contributed by atoms with Gasteiger partial charge in [0.15, 0.2) is 5.13 Å². The van der Waals surface area contributed by atoms with Crippen LogP contribution in [0.4, 0.5) is 9.52 Å². The Morgan fingerprint density at radius 1 is 1.40 bits per heavy atom. The molecule has 1 aromatic carbocycles. The first-order valence-electron chi connectivity index (χ1n) is 6.56. The van der Waals surface area contributed by atoms with E-state index in [1.807, 2.05) is 13.8 Å². The topological polar surface area (TPSA) is 54.0 Å². The number of hydrogen-bond acceptors (Lipinski definition) is 4. The summed E-state index contributed by atoms with van der Waals surface area (Å²) in [5, 5.41) is 6.53. The molecule has 1 atom stereocenters. The number of hydrogen-bond donors (Lipinski definition) is 2. The summed E-state index contributed by atoms with van der Waals surface area (Å²) in [6.07, 6.45) is 0. The van der Waals surface area contributed by atoms with Crippen molar-refractivity contribution in [1.29, 1.82) is 0 Å². The lowest BCUT2D eigenvalue weighted by atomic mass is 10.2. The van der Waals surface area contributed by atoms with Gasteiger partial charge in [-0.1, -0.05) is 25.2 Å². The van der Waals surface area contributed by atoms with Gasteiger partial charge in [0.25, 0.3) is 0 Å². The second kappa shape index (κ2) is 6.17. The monoisotopic (exact) mass is 295 g/mol. The number of amides is 1. The van der Waals surface area contributed by atoms with Crippen LogP contribution in [-0.4, -0.2) is 23.5 Å². The number of halogens is 1. The number of carbonyl (C=O) groups excluding carboxylic acids is 1. The van der Waals surface area contributed by atoms with Gasteiger partial charge in [-0.3, -0.25) is 4.79 Å². The van der Waals surface area contributed by atoms with E-state index in [-0.39, 0.29) is 17.8 Å². The number of nitrogens with one attached hydrogen (secondary N) is 2. The first-order valence-corrected chi connectivity index (χ1v) is 7.37. The Balaban J connectivity index is 2.02. The highest BCUT2D eigenvalue weighted by Crippen LogP contribution is 2.26. The van der Waals surface area contributed by atoms with Crippen molar-refractivity contribution in [3.63, 3.8) is 0 Å².